The van der Waals surface area contributed by atoms with E-state index in [1.807, 2.05) is 19.1 Å². The van der Waals surface area contributed by atoms with Gasteiger partial charge in [-0.15, -0.1) is 6.42 Å². The van der Waals surface area contributed by atoms with E-state index in [1.54, 1.807) is 0 Å². The molecule has 0 bridgehead atoms. The average molecular weight is 201 g/mol. The fourth-order valence-corrected chi connectivity index (χ4v) is 1.73. The molecule has 2 heteroatoms. The van der Waals surface area contributed by atoms with Crippen molar-refractivity contribution in [2.24, 2.45) is 0 Å². The van der Waals surface area contributed by atoms with Gasteiger partial charge in [-0.3, -0.25) is 0 Å². The summed E-state index contributed by atoms with van der Waals surface area (Å²) in [7, 11) is 2.08. The van der Waals surface area contributed by atoms with Gasteiger partial charge in [0.15, 0.2) is 0 Å². The van der Waals surface area contributed by atoms with Crippen molar-refractivity contribution < 1.29 is 4.74 Å². The van der Waals surface area contributed by atoms with Crippen LogP contribution in [0.2, 0.25) is 0 Å². The van der Waals surface area contributed by atoms with Gasteiger partial charge >= 0.3 is 0 Å². The number of fused-ring (bicyclic) bond motifs is 1. The molecule has 1 aliphatic heterocycles. The topological polar surface area (TPSA) is 12.5 Å². The van der Waals surface area contributed by atoms with Gasteiger partial charge in [0.2, 0.25) is 0 Å². The number of hydrogen-bond donors (Lipinski definition) is 0. The normalized spacial score (nSPS) is 16.2. The lowest BCUT2D eigenvalue weighted by atomic mass is 10.0. The van der Waals surface area contributed by atoms with Gasteiger partial charge in [0.25, 0.3) is 0 Å². The van der Waals surface area contributed by atoms with Crippen molar-refractivity contribution in [3.05, 3.63) is 23.8 Å². The molecule has 1 aromatic carbocycles. The molecule has 0 fully saturated rings. The molecular formula is C13H15NO. The number of ether oxygens (including phenoxy) is 1. The predicted octanol–water partition coefficient (Wildman–Crippen LogP) is 2.25. The highest BCUT2D eigenvalue weighted by molar-refractivity contribution is 5.61. The average Bonchev–Trinajstić information content (AvgIpc) is 2.28. The zero-order valence-electron chi connectivity index (χ0n) is 9.16. The number of benzene rings is 1. The Kier molecular flexibility index (Phi) is 2.55. The highest BCUT2D eigenvalue weighted by Gasteiger charge is 2.15. The van der Waals surface area contributed by atoms with E-state index in [0.29, 0.717) is 0 Å². The Bertz CT molecular complexity index is 405. The first-order valence-electron chi connectivity index (χ1n) is 5.16. The number of terminal acetylenes is 1. The van der Waals surface area contributed by atoms with Crippen molar-refractivity contribution in [3.63, 3.8) is 0 Å². The zero-order valence-corrected chi connectivity index (χ0v) is 9.16. The van der Waals surface area contributed by atoms with Crippen molar-refractivity contribution in [2.75, 3.05) is 25.1 Å². The number of likely N-dealkylation sites (N-methyl/N-ethyl adjacent to an activating group) is 1. The molecule has 1 atom stereocenters. The minimum atomic E-state index is 0.158. The minimum Gasteiger partial charge on any atom is -0.490 e. The van der Waals surface area contributed by atoms with E-state index in [2.05, 4.69) is 23.9 Å². The molecule has 0 aromatic heterocycles. The van der Waals surface area contributed by atoms with Gasteiger partial charge in [-0.2, -0.15) is 0 Å². The Morgan fingerprint density at radius 3 is 3.07 bits per heavy atom. The summed E-state index contributed by atoms with van der Waals surface area (Å²) in [4.78, 5) is 2.20. The van der Waals surface area contributed by atoms with Crippen molar-refractivity contribution in [3.8, 4) is 18.1 Å². The molecule has 15 heavy (non-hydrogen) atoms. The molecule has 0 radical (unpaired) electrons. The second-order valence-electron chi connectivity index (χ2n) is 3.89. The molecule has 0 amide bonds. The molecular weight excluding hydrogens is 186 g/mol. The lowest BCUT2D eigenvalue weighted by Crippen LogP contribution is -2.28. The predicted molar refractivity (Wildman–Crippen MR) is 62.5 cm³/mol. The van der Waals surface area contributed by atoms with Gasteiger partial charge in [0.05, 0.1) is 12.2 Å². The van der Waals surface area contributed by atoms with Crippen LogP contribution < -0.4 is 9.64 Å². The minimum absolute atomic E-state index is 0.158. The first-order valence-corrected chi connectivity index (χ1v) is 5.16. The molecule has 0 saturated heterocycles. The van der Waals surface area contributed by atoms with Gasteiger partial charge in [-0.25, -0.2) is 0 Å². The summed E-state index contributed by atoms with van der Waals surface area (Å²) < 4.78 is 5.57. The highest BCUT2D eigenvalue weighted by atomic mass is 16.5. The number of anilines is 1. The number of nitrogens with zero attached hydrogens (tertiary/aromatic N) is 1. The molecule has 1 aliphatic rings. The van der Waals surface area contributed by atoms with Crippen molar-refractivity contribution in [1.82, 2.24) is 0 Å². The van der Waals surface area contributed by atoms with E-state index >= 15 is 0 Å². The van der Waals surface area contributed by atoms with Gasteiger partial charge in [0.1, 0.15) is 12.4 Å². The maximum absolute atomic E-state index is 5.57. The molecule has 78 valence electrons. The van der Waals surface area contributed by atoms with E-state index in [9.17, 15) is 0 Å². The van der Waals surface area contributed by atoms with Crippen LogP contribution in [0.1, 0.15) is 18.4 Å². The Morgan fingerprint density at radius 2 is 2.33 bits per heavy atom. The second-order valence-corrected chi connectivity index (χ2v) is 3.89. The molecule has 0 saturated carbocycles. The van der Waals surface area contributed by atoms with Crippen LogP contribution in [0.3, 0.4) is 0 Å². The Labute approximate surface area is 90.9 Å². The van der Waals surface area contributed by atoms with E-state index in [4.69, 9.17) is 11.2 Å². The van der Waals surface area contributed by atoms with Gasteiger partial charge in [-0.1, -0.05) is 12.0 Å². The molecule has 1 aromatic rings. The van der Waals surface area contributed by atoms with Gasteiger partial charge < -0.3 is 9.64 Å². The summed E-state index contributed by atoms with van der Waals surface area (Å²) in [5.74, 6) is 3.86. The Hall–Kier alpha value is -1.62. The standard InChI is InChI=1S/C13H15NO/c1-4-10(2)11-5-6-13-12(9-11)14(3)7-8-15-13/h1,5-6,9-10H,7-8H2,2-3H3. The summed E-state index contributed by atoms with van der Waals surface area (Å²) in [5, 5.41) is 0. The van der Waals surface area contributed by atoms with E-state index in [0.717, 1.165) is 24.6 Å². The summed E-state index contributed by atoms with van der Waals surface area (Å²) in [6.07, 6.45) is 5.42. The van der Waals surface area contributed by atoms with Crippen LogP contribution >= 0.6 is 0 Å². The fourth-order valence-electron chi connectivity index (χ4n) is 1.73. The monoisotopic (exact) mass is 201 g/mol. The molecule has 0 spiro atoms. The van der Waals surface area contributed by atoms with Crippen LogP contribution in [0.5, 0.6) is 5.75 Å². The Morgan fingerprint density at radius 1 is 1.53 bits per heavy atom. The van der Waals surface area contributed by atoms with Crippen molar-refractivity contribution in [2.45, 2.75) is 12.8 Å². The first kappa shape index (κ1) is 9.92. The number of hydrogen-bond acceptors (Lipinski definition) is 2. The highest BCUT2D eigenvalue weighted by Crippen LogP contribution is 2.33. The first-order chi connectivity index (χ1) is 7.22. The molecule has 2 nitrogen and oxygen atoms in total. The van der Waals surface area contributed by atoms with E-state index in [-0.39, 0.29) is 5.92 Å². The van der Waals surface area contributed by atoms with Crippen LogP contribution in [0.4, 0.5) is 5.69 Å². The van der Waals surface area contributed by atoms with Crippen LogP contribution in [0, 0.1) is 12.3 Å². The maximum atomic E-state index is 5.57. The second kappa shape index (κ2) is 3.86. The zero-order chi connectivity index (χ0) is 10.8. The summed E-state index contributed by atoms with van der Waals surface area (Å²) in [6.45, 7) is 3.72. The maximum Gasteiger partial charge on any atom is 0.142 e. The fraction of sp³-hybridized carbons (Fsp3) is 0.385. The third-order valence-corrected chi connectivity index (χ3v) is 2.83. The molecule has 0 N–H and O–H groups in total. The third kappa shape index (κ3) is 1.78. The van der Waals surface area contributed by atoms with Crippen LogP contribution in [0.25, 0.3) is 0 Å². The van der Waals surface area contributed by atoms with E-state index in [1.165, 1.54) is 5.56 Å². The third-order valence-electron chi connectivity index (χ3n) is 2.83. The van der Waals surface area contributed by atoms with Crippen LogP contribution in [-0.4, -0.2) is 20.2 Å². The summed E-state index contributed by atoms with van der Waals surface area (Å²) in [5.41, 5.74) is 2.31. The number of rotatable bonds is 1. The van der Waals surface area contributed by atoms with Gasteiger partial charge in [0, 0.05) is 13.0 Å². The van der Waals surface area contributed by atoms with Crippen molar-refractivity contribution >= 4 is 5.69 Å². The largest absolute Gasteiger partial charge is 0.490 e. The smallest absolute Gasteiger partial charge is 0.142 e. The summed E-state index contributed by atoms with van der Waals surface area (Å²) >= 11 is 0. The van der Waals surface area contributed by atoms with Gasteiger partial charge in [-0.05, 0) is 24.6 Å². The molecule has 0 aliphatic carbocycles. The lowest BCUT2D eigenvalue weighted by molar-refractivity contribution is 0.311. The van der Waals surface area contributed by atoms with E-state index < -0.39 is 0 Å². The van der Waals surface area contributed by atoms with Crippen LogP contribution in [0.15, 0.2) is 18.2 Å². The lowest BCUT2D eigenvalue weighted by Gasteiger charge is -2.28. The quantitative estimate of drug-likeness (QED) is 0.646. The van der Waals surface area contributed by atoms with Crippen LogP contribution in [-0.2, 0) is 0 Å². The Balaban J connectivity index is 2.40. The molecule has 1 heterocycles. The molecule has 2 rings (SSSR count). The summed E-state index contributed by atoms with van der Waals surface area (Å²) in [6, 6.07) is 6.18. The van der Waals surface area contributed by atoms with Crippen molar-refractivity contribution in [1.29, 1.82) is 0 Å². The SMILES string of the molecule is C#CC(C)c1ccc2c(c1)N(C)CCO2. The molecule has 1 unspecified atom stereocenters.